The second-order valence-electron chi connectivity index (χ2n) is 4.78. The highest BCUT2D eigenvalue weighted by Crippen LogP contribution is 2.23. The van der Waals surface area contributed by atoms with Crippen molar-refractivity contribution in [3.8, 4) is 0 Å². The molecule has 0 amide bonds. The summed E-state index contributed by atoms with van der Waals surface area (Å²) in [6.45, 7) is 9.03. The molecule has 1 rings (SSSR count). The Bertz CT molecular complexity index is 235. The summed E-state index contributed by atoms with van der Waals surface area (Å²) < 4.78 is 0. The van der Waals surface area contributed by atoms with Gasteiger partial charge in [-0.3, -0.25) is 10.1 Å². The number of rotatable bonds is 5. The third-order valence-electron chi connectivity index (χ3n) is 3.70. The minimum absolute atomic E-state index is 0.268. The van der Waals surface area contributed by atoms with E-state index in [2.05, 4.69) is 31.0 Å². The van der Waals surface area contributed by atoms with Crippen LogP contribution in [-0.4, -0.2) is 47.2 Å². The summed E-state index contributed by atoms with van der Waals surface area (Å²) in [5.74, 6) is -0.691. The van der Waals surface area contributed by atoms with Crippen LogP contribution < -0.4 is 5.32 Å². The fourth-order valence-electron chi connectivity index (χ4n) is 2.24. The number of nitrogens with zero attached hydrogens (tertiary/aromatic N) is 1. The Morgan fingerprint density at radius 3 is 2.38 bits per heavy atom. The molecule has 16 heavy (non-hydrogen) atoms. The van der Waals surface area contributed by atoms with E-state index in [1.54, 1.807) is 0 Å². The van der Waals surface area contributed by atoms with E-state index in [1.807, 2.05) is 0 Å². The smallest absolute Gasteiger partial charge is 0.324 e. The first-order valence-corrected chi connectivity index (χ1v) is 6.27. The van der Waals surface area contributed by atoms with Crippen LogP contribution in [0.2, 0.25) is 0 Å². The third kappa shape index (κ3) is 2.95. The van der Waals surface area contributed by atoms with Gasteiger partial charge < -0.3 is 10.0 Å². The molecule has 4 heteroatoms. The predicted octanol–water partition coefficient (Wildman–Crippen LogP) is 1.31. The number of carboxylic acid groups (broad SMARTS) is 1. The maximum absolute atomic E-state index is 11.4. The van der Waals surface area contributed by atoms with Crippen molar-refractivity contribution in [3.63, 3.8) is 0 Å². The first-order valence-electron chi connectivity index (χ1n) is 6.27. The fraction of sp³-hybridized carbons (Fsp3) is 0.917. The number of aliphatic carboxylic acids is 1. The van der Waals surface area contributed by atoms with E-state index in [1.165, 1.54) is 0 Å². The van der Waals surface area contributed by atoms with Crippen molar-refractivity contribution < 1.29 is 9.90 Å². The molecule has 1 unspecified atom stereocenters. The minimum Gasteiger partial charge on any atom is -0.480 e. The van der Waals surface area contributed by atoms with Crippen molar-refractivity contribution in [2.75, 3.05) is 19.6 Å². The van der Waals surface area contributed by atoms with E-state index in [4.69, 9.17) is 0 Å². The number of nitrogens with one attached hydrogen (secondary N) is 1. The van der Waals surface area contributed by atoms with Gasteiger partial charge in [-0.1, -0.05) is 13.8 Å². The van der Waals surface area contributed by atoms with Crippen molar-refractivity contribution in [1.82, 2.24) is 10.2 Å². The summed E-state index contributed by atoms with van der Waals surface area (Å²) in [7, 11) is 0. The molecule has 0 aromatic heterocycles. The maximum atomic E-state index is 11.4. The van der Waals surface area contributed by atoms with Crippen LogP contribution >= 0.6 is 0 Å². The second-order valence-corrected chi connectivity index (χ2v) is 4.78. The van der Waals surface area contributed by atoms with E-state index < -0.39 is 11.5 Å². The topological polar surface area (TPSA) is 52.6 Å². The fourth-order valence-corrected chi connectivity index (χ4v) is 2.24. The van der Waals surface area contributed by atoms with Gasteiger partial charge >= 0.3 is 5.97 Å². The Labute approximate surface area is 98.0 Å². The number of carbonyl (C=O) groups is 1. The highest BCUT2D eigenvalue weighted by molar-refractivity contribution is 5.79. The van der Waals surface area contributed by atoms with Gasteiger partial charge in [-0.15, -0.1) is 0 Å². The zero-order chi connectivity index (χ0) is 12.2. The van der Waals surface area contributed by atoms with Crippen LogP contribution in [0.1, 0.15) is 40.0 Å². The van der Waals surface area contributed by atoms with Crippen LogP contribution in [0.25, 0.3) is 0 Å². The minimum atomic E-state index is -0.693. The summed E-state index contributed by atoms with van der Waals surface area (Å²) in [5, 5.41) is 12.7. The Morgan fingerprint density at radius 1 is 1.44 bits per heavy atom. The van der Waals surface area contributed by atoms with E-state index in [-0.39, 0.29) is 6.04 Å². The Balaban J connectivity index is 2.65. The van der Waals surface area contributed by atoms with Crippen LogP contribution in [0.3, 0.4) is 0 Å². The van der Waals surface area contributed by atoms with Gasteiger partial charge in [-0.05, 0) is 32.7 Å². The number of hydrogen-bond acceptors (Lipinski definition) is 3. The molecular formula is C12H24N2O2. The standard InChI is InChI=1S/C12H24N2O2/c1-4-10(3)13-12(11(15)16)6-8-14(5-2)9-7-12/h10,13H,4-9H2,1-3H3,(H,15,16). The molecule has 1 heterocycles. The molecule has 94 valence electrons. The van der Waals surface area contributed by atoms with Gasteiger partial charge in [0.25, 0.3) is 0 Å². The highest BCUT2D eigenvalue weighted by Gasteiger charge is 2.41. The molecule has 1 aliphatic heterocycles. The normalized spacial score (nSPS) is 22.9. The quantitative estimate of drug-likeness (QED) is 0.745. The molecule has 4 nitrogen and oxygen atoms in total. The zero-order valence-corrected chi connectivity index (χ0v) is 10.6. The van der Waals surface area contributed by atoms with Crippen LogP contribution in [0, 0.1) is 0 Å². The van der Waals surface area contributed by atoms with E-state index in [0.29, 0.717) is 12.8 Å². The van der Waals surface area contributed by atoms with Crippen molar-refractivity contribution in [2.45, 2.75) is 51.6 Å². The molecule has 0 saturated carbocycles. The molecule has 0 aromatic rings. The number of likely N-dealkylation sites (tertiary alicyclic amines) is 1. The molecule has 1 fully saturated rings. The molecule has 1 atom stereocenters. The van der Waals surface area contributed by atoms with E-state index >= 15 is 0 Å². The average Bonchev–Trinajstić information content (AvgIpc) is 2.29. The third-order valence-corrected chi connectivity index (χ3v) is 3.70. The van der Waals surface area contributed by atoms with E-state index in [9.17, 15) is 9.90 Å². The van der Waals surface area contributed by atoms with E-state index in [0.717, 1.165) is 26.1 Å². The van der Waals surface area contributed by atoms with Crippen LogP contribution in [0.5, 0.6) is 0 Å². The zero-order valence-electron chi connectivity index (χ0n) is 10.6. The van der Waals surface area contributed by atoms with Crippen molar-refractivity contribution >= 4 is 5.97 Å². The first kappa shape index (κ1) is 13.5. The van der Waals surface area contributed by atoms with Crippen LogP contribution in [0.4, 0.5) is 0 Å². The van der Waals surface area contributed by atoms with Gasteiger partial charge in [0, 0.05) is 19.1 Å². The van der Waals surface area contributed by atoms with Gasteiger partial charge in [0.2, 0.25) is 0 Å². The molecule has 2 N–H and O–H groups in total. The summed E-state index contributed by atoms with van der Waals surface area (Å²) in [6.07, 6.45) is 2.38. The van der Waals surface area contributed by atoms with Crippen LogP contribution in [0.15, 0.2) is 0 Å². The van der Waals surface area contributed by atoms with Gasteiger partial charge in [-0.25, -0.2) is 0 Å². The Hall–Kier alpha value is -0.610. The Kier molecular flexibility index (Phi) is 4.74. The summed E-state index contributed by atoms with van der Waals surface area (Å²) in [5.41, 5.74) is -0.693. The van der Waals surface area contributed by atoms with Gasteiger partial charge in [-0.2, -0.15) is 0 Å². The van der Waals surface area contributed by atoms with Gasteiger partial charge in [0.05, 0.1) is 0 Å². The monoisotopic (exact) mass is 228 g/mol. The SMILES string of the molecule is CCC(C)NC1(C(=O)O)CCN(CC)CC1. The largest absolute Gasteiger partial charge is 0.480 e. The molecule has 1 saturated heterocycles. The summed E-state index contributed by atoms with van der Waals surface area (Å²) in [4.78, 5) is 13.7. The molecule has 0 spiro atoms. The molecule has 0 radical (unpaired) electrons. The van der Waals surface area contributed by atoms with Crippen molar-refractivity contribution in [1.29, 1.82) is 0 Å². The molecule has 0 bridgehead atoms. The lowest BCUT2D eigenvalue weighted by molar-refractivity contribution is -0.147. The molecule has 0 aromatic carbocycles. The lowest BCUT2D eigenvalue weighted by Gasteiger charge is -2.40. The predicted molar refractivity (Wildman–Crippen MR) is 64.6 cm³/mol. The lowest BCUT2D eigenvalue weighted by Crippen LogP contribution is -2.60. The summed E-state index contributed by atoms with van der Waals surface area (Å²) >= 11 is 0. The molecular weight excluding hydrogens is 204 g/mol. The average molecular weight is 228 g/mol. The summed E-state index contributed by atoms with van der Waals surface area (Å²) in [6, 6.07) is 0.268. The Morgan fingerprint density at radius 2 is 2.00 bits per heavy atom. The van der Waals surface area contributed by atoms with Crippen molar-refractivity contribution in [3.05, 3.63) is 0 Å². The lowest BCUT2D eigenvalue weighted by atomic mass is 9.86. The van der Waals surface area contributed by atoms with Crippen LogP contribution in [-0.2, 0) is 4.79 Å². The number of hydrogen-bond donors (Lipinski definition) is 2. The highest BCUT2D eigenvalue weighted by atomic mass is 16.4. The maximum Gasteiger partial charge on any atom is 0.324 e. The first-order chi connectivity index (χ1) is 7.54. The molecule has 1 aliphatic rings. The van der Waals surface area contributed by atoms with Crippen molar-refractivity contribution in [2.24, 2.45) is 0 Å². The van der Waals surface area contributed by atoms with Gasteiger partial charge in [0.1, 0.15) is 5.54 Å². The molecule has 0 aliphatic carbocycles. The second kappa shape index (κ2) is 5.64. The van der Waals surface area contributed by atoms with Gasteiger partial charge in [0.15, 0.2) is 0 Å². The number of carboxylic acids is 1. The number of piperidine rings is 1.